The van der Waals surface area contributed by atoms with Crippen LogP contribution < -0.4 is 11.1 Å². The topological polar surface area (TPSA) is 96.7 Å². The lowest BCUT2D eigenvalue weighted by atomic mass is 10.1. The van der Waals surface area contributed by atoms with Gasteiger partial charge in [-0.05, 0) is 30.3 Å². The molecule has 0 aliphatic heterocycles. The Bertz CT molecular complexity index is 1270. The number of carbonyl (C=O) groups is 1. The Hall–Kier alpha value is -3.95. The average molecular weight is 401 g/mol. The van der Waals surface area contributed by atoms with E-state index in [2.05, 4.69) is 20.5 Å². The zero-order chi connectivity index (χ0) is 20.7. The molecule has 0 fully saturated rings. The van der Waals surface area contributed by atoms with Crippen molar-refractivity contribution in [2.45, 2.75) is 0 Å². The maximum Gasteiger partial charge on any atom is 0.261 e. The SMILES string of the molecule is Nc1ccc(F)c(C(=O)Nc2cnc3[nH]nc(-c4cccc(F)c4F)c3c2)c1F. The molecular weight excluding hydrogens is 390 g/mol. The van der Waals surface area contributed by atoms with Crippen molar-refractivity contribution < 1.29 is 22.4 Å². The Morgan fingerprint density at radius 3 is 2.62 bits per heavy atom. The van der Waals surface area contributed by atoms with Crippen LogP contribution in [0.3, 0.4) is 0 Å². The molecule has 6 nitrogen and oxygen atoms in total. The summed E-state index contributed by atoms with van der Waals surface area (Å²) in [5, 5.41) is 9.09. The van der Waals surface area contributed by atoms with Crippen LogP contribution in [-0.4, -0.2) is 21.1 Å². The van der Waals surface area contributed by atoms with Crippen molar-refractivity contribution >= 4 is 28.3 Å². The molecule has 2 heterocycles. The van der Waals surface area contributed by atoms with Gasteiger partial charge in [0.05, 0.1) is 17.6 Å². The van der Waals surface area contributed by atoms with Crippen LogP contribution in [0.4, 0.5) is 28.9 Å². The number of halogens is 4. The van der Waals surface area contributed by atoms with Crippen molar-refractivity contribution in [2.75, 3.05) is 11.1 Å². The molecule has 0 atom stereocenters. The third kappa shape index (κ3) is 3.14. The Balaban J connectivity index is 1.74. The number of rotatable bonds is 3. The molecule has 4 aromatic rings. The number of benzene rings is 2. The van der Waals surface area contributed by atoms with Gasteiger partial charge >= 0.3 is 0 Å². The molecule has 0 saturated heterocycles. The van der Waals surface area contributed by atoms with E-state index in [4.69, 9.17) is 5.73 Å². The first-order valence-electron chi connectivity index (χ1n) is 8.20. The predicted molar refractivity (Wildman–Crippen MR) is 98.0 cm³/mol. The molecule has 1 amide bonds. The minimum atomic E-state index is -1.19. The number of anilines is 2. The number of amides is 1. The van der Waals surface area contributed by atoms with Crippen LogP contribution in [0.15, 0.2) is 42.6 Å². The van der Waals surface area contributed by atoms with E-state index in [9.17, 15) is 22.4 Å². The number of aromatic nitrogens is 3. The molecule has 10 heteroatoms. The number of hydrogen-bond donors (Lipinski definition) is 3. The summed E-state index contributed by atoms with van der Waals surface area (Å²) in [4.78, 5) is 16.4. The zero-order valence-corrected chi connectivity index (χ0v) is 14.4. The molecule has 2 aromatic heterocycles. The third-order valence-corrected chi connectivity index (χ3v) is 4.23. The minimum absolute atomic E-state index is 0.0573. The monoisotopic (exact) mass is 401 g/mol. The van der Waals surface area contributed by atoms with Crippen LogP contribution in [0.25, 0.3) is 22.3 Å². The number of carbonyl (C=O) groups excluding carboxylic acids is 1. The molecule has 0 spiro atoms. The van der Waals surface area contributed by atoms with E-state index in [0.29, 0.717) is 0 Å². The molecule has 0 saturated carbocycles. The summed E-state index contributed by atoms with van der Waals surface area (Å²) in [6.07, 6.45) is 1.21. The fraction of sp³-hybridized carbons (Fsp3) is 0. The van der Waals surface area contributed by atoms with Crippen molar-refractivity contribution in [3.8, 4) is 11.3 Å². The molecule has 29 heavy (non-hydrogen) atoms. The van der Waals surface area contributed by atoms with E-state index in [0.717, 1.165) is 18.2 Å². The largest absolute Gasteiger partial charge is 0.396 e. The highest BCUT2D eigenvalue weighted by Gasteiger charge is 2.21. The highest BCUT2D eigenvalue weighted by Crippen LogP contribution is 2.30. The molecule has 2 aromatic carbocycles. The number of H-pyrrole nitrogens is 1. The summed E-state index contributed by atoms with van der Waals surface area (Å²) in [6, 6.07) is 6.85. The zero-order valence-electron chi connectivity index (χ0n) is 14.4. The van der Waals surface area contributed by atoms with Crippen LogP contribution in [0.1, 0.15) is 10.4 Å². The molecule has 0 bridgehead atoms. The molecule has 4 rings (SSSR count). The number of fused-ring (bicyclic) bond motifs is 1. The molecule has 0 aliphatic rings. The fourth-order valence-corrected chi connectivity index (χ4v) is 2.83. The summed E-state index contributed by atoms with van der Waals surface area (Å²) in [5.41, 5.74) is 4.38. The maximum atomic E-state index is 14.1. The van der Waals surface area contributed by atoms with Crippen LogP contribution in [0, 0.1) is 23.3 Å². The van der Waals surface area contributed by atoms with E-state index in [-0.39, 0.29) is 33.7 Å². The summed E-state index contributed by atoms with van der Waals surface area (Å²) < 4.78 is 55.6. The van der Waals surface area contributed by atoms with E-state index in [1.54, 1.807) is 0 Å². The first-order valence-corrected chi connectivity index (χ1v) is 8.20. The normalized spacial score (nSPS) is 11.0. The van der Waals surface area contributed by atoms with Crippen LogP contribution in [0.2, 0.25) is 0 Å². The number of hydrogen-bond acceptors (Lipinski definition) is 4. The van der Waals surface area contributed by atoms with Crippen molar-refractivity contribution in [3.63, 3.8) is 0 Å². The Morgan fingerprint density at radius 1 is 1.03 bits per heavy atom. The lowest BCUT2D eigenvalue weighted by Gasteiger charge is -2.08. The fourth-order valence-electron chi connectivity index (χ4n) is 2.83. The number of aromatic amines is 1. The number of nitrogens with zero attached hydrogens (tertiary/aromatic N) is 2. The first kappa shape index (κ1) is 18.4. The number of pyridine rings is 1. The second-order valence-corrected chi connectivity index (χ2v) is 6.07. The van der Waals surface area contributed by atoms with E-state index < -0.39 is 34.7 Å². The Labute approximate surface area is 160 Å². The van der Waals surface area contributed by atoms with Crippen molar-refractivity contribution in [1.29, 1.82) is 0 Å². The Kier molecular flexibility index (Phi) is 4.38. The van der Waals surface area contributed by atoms with Gasteiger partial charge < -0.3 is 11.1 Å². The van der Waals surface area contributed by atoms with Gasteiger partial charge in [-0.2, -0.15) is 5.10 Å². The highest BCUT2D eigenvalue weighted by atomic mass is 19.2. The summed E-state index contributed by atoms with van der Waals surface area (Å²) in [7, 11) is 0. The van der Waals surface area contributed by atoms with E-state index in [1.165, 1.54) is 24.4 Å². The molecular formula is C19H11F4N5O. The second kappa shape index (κ2) is 6.89. The Morgan fingerprint density at radius 2 is 1.83 bits per heavy atom. The van der Waals surface area contributed by atoms with Gasteiger partial charge in [0.2, 0.25) is 0 Å². The second-order valence-electron chi connectivity index (χ2n) is 6.07. The van der Waals surface area contributed by atoms with Crippen molar-refractivity contribution in [1.82, 2.24) is 15.2 Å². The van der Waals surface area contributed by atoms with Crippen LogP contribution in [-0.2, 0) is 0 Å². The first-order chi connectivity index (χ1) is 13.9. The quantitative estimate of drug-likeness (QED) is 0.357. The van der Waals surface area contributed by atoms with Crippen molar-refractivity contribution in [2.24, 2.45) is 0 Å². The average Bonchev–Trinajstić information content (AvgIpc) is 3.10. The van der Waals surface area contributed by atoms with E-state index >= 15 is 0 Å². The number of nitrogens with two attached hydrogens (primary N) is 1. The lowest BCUT2D eigenvalue weighted by molar-refractivity contribution is 0.101. The number of nitrogens with one attached hydrogen (secondary N) is 2. The molecule has 0 unspecified atom stereocenters. The van der Waals surface area contributed by atoms with Gasteiger partial charge in [-0.1, -0.05) is 6.07 Å². The summed E-state index contributed by atoms with van der Waals surface area (Å²) in [5.74, 6) is -5.52. The van der Waals surface area contributed by atoms with Gasteiger partial charge in [-0.15, -0.1) is 0 Å². The predicted octanol–water partition coefficient (Wildman–Crippen LogP) is 4.02. The van der Waals surface area contributed by atoms with Gasteiger partial charge in [0, 0.05) is 10.9 Å². The van der Waals surface area contributed by atoms with Gasteiger partial charge in [-0.25, -0.2) is 22.5 Å². The third-order valence-electron chi connectivity index (χ3n) is 4.23. The van der Waals surface area contributed by atoms with Gasteiger partial charge in [0.25, 0.3) is 5.91 Å². The molecule has 0 aliphatic carbocycles. The van der Waals surface area contributed by atoms with Gasteiger partial charge in [-0.3, -0.25) is 9.89 Å². The smallest absolute Gasteiger partial charge is 0.261 e. The van der Waals surface area contributed by atoms with E-state index in [1.807, 2.05) is 0 Å². The summed E-state index contributed by atoms with van der Waals surface area (Å²) in [6.45, 7) is 0. The molecule has 146 valence electrons. The standard InChI is InChI=1S/C19H11F4N5O/c20-11-4-5-13(24)16(23)14(11)19(29)26-8-6-10-17(27-28-18(10)25-7-8)9-2-1-3-12(21)15(9)22/h1-7H,24H2,(H,26,29)(H,25,27,28). The minimum Gasteiger partial charge on any atom is -0.396 e. The van der Waals surface area contributed by atoms with Gasteiger partial charge in [0.15, 0.2) is 23.1 Å². The van der Waals surface area contributed by atoms with Crippen molar-refractivity contribution in [3.05, 3.63) is 71.4 Å². The molecule has 4 N–H and O–H groups in total. The summed E-state index contributed by atoms with van der Waals surface area (Å²) >= 11 is 0. The van der Waals surface area contributed by atoms with Crippen LogP contribution >= 0.6 is 0 Å². The maximum absolute atomic E-state index is 14.1. The lowest BCUT2D eigenvalue weighted by Crippen LogP contribution is -2.17. The van der Waals surface area contributed by atoms with Crippen LogP contribution in [0.5, 0.6) is 0 Å². The highest BCUT2D eigenvalue weighted by molar-refractivity contribution is 6.06. The number of nitrogen functional groups attached to an aromatic ring is 1. The molecule has 0 radical (unpaired) electrons. The van der Waals surface area contributed by atoms with Gasteiger partial charge in [0.1, 0.15) is 17.1 Å².